The Morgan fingerprint density at radius 3 is 2.22 bits per heavy atom. The maximum atomic E-state index is 3.91. The quantitative estimate of drug-likeness (QED) is 0.411. The third kappa shape index (κ3) is 8.74. The first-order chi connectivity index (χ1) is 3.81. The number of hydrogen-bond acceptors (Lipinski definition) is 0. The summed E-state index contributed by atoms with van der Waals surface area (Å²) in [5.74, 6) is 0. The van der Waals surface area contributed by atoms with E-state index in [-0.39, 0.29) is 29.6 Å². The molecule has 50 valence electrons. The van der Waals surface area contributed by atoms with Crippen molar-refractivity contribution < 1.29 is 0 Å². The minimum atomic E-state index is 0. The Morgan fingerprint density at radius 1 is 1.33 bits per heavy atom. The zero-order valence-electron chi connectivity index (χ0n) is 6.04. The summed E-state index contributed by atoms with van der Waals surface area (Å²) in [6, 6.07) is 0. The molecule has 0 N–H and O–H groups in total. The van der Waals surface area contributed by atoms with Crippen LogP contribution in [0.3, 0.4) is 0 Å². The van der Waals surface area contributed by atoms with E-state index in [0.29, 0.717) is 0 Å². The monoisotopic (exact) mass is 136 g/mol. The van der Waals surface area contributed by atoms with Gasteiger partial charge < -0.3 is 0 Å². The number of hydrogen-bond donors (Lipinski definition) is 0. The summed E-state index contributed by atoms with van der Waals surface area (Å²) in [6.45, 7) is 8.29. The standard InChI is InChI=1S/C8H16.Na.H/c1-4-6-7-8(3)5-2;;/h3-7H2,1-2H3;;. The number of unbranched alkanes of at least 4 members (excludes halogenated alkanes) is 1. The summed E-state index contributed by atoms with van der Waals surface area (Å²) in [6.07, 6.45) is 4.98. The Balaban J connectivity index is 0. The molecular formula is C8H17Na. The summed E-state index contributed by atoms with van der Waals surface area (Å²) >= 11 is 0. The molecule has 0 saturated heterocycles. The molecule has 0 saturated carbocycles. The average molecular weight is 136 g/mol. The van der Waals surface area contributed by atoms with Crippen LogP contribution in [-0.2, 0) is 0 Å². The molecule has 9 heavy (non-hydrogen) atoms. The molecule has 0 aliphatic rings. The van der Waals surface area contributed by atoms with Crippen LogP contribution in [0.15, 0.2) is 12.2 Å². The number of allylic oxidation sites excluding steroid dienone is 1. The third-order valence-corrected chi connectivity index (χ3v) is 1.38. The predicted octanol–water partition coefficient (Wildman–Crippen LogP) is 2.49. The van der Waals surface area contributed by atoms with Gasteiger partial charge in [-0.2, -0.15) is 0 Å². The Hall–Kier alpha value is 0.740. The molecule has 1 heteroatoms. The average Bonchev–Trinajstić information content (AvgIpc) is 1.83. The second-order valence-corrected chi connectivity index (χ2v) is 2.21. The third-order valence-electron chi connectivity index (χ3n) is 1.38. The van der Waals surface area contributed by atoms with Crippen LogP contribution < -0.4 is 0 Å². The molecule has 0 rings (SSSR count). The normalized spacial score (nSPS) is 8.22. The first kappa shape index (κ1) is 12.4. The van der Waals surface area contributed by atoms with E-state index in [1.807, 2.05) is 0 Å². The molecule has 0 fully saturated rings. The molecule has 0 aromatic heterocycles. The molecule has 0 atom stereocenters. The van der Waals surface area contributed by atoms with Gasteiger partial charge in [-0.25, -0.2) is 0 Å². The van der Waals surface area contributed by atoms with E-state index in [0.717, 1.165) is 6.42 Å². The molecule has 0 spiro atoms. The molecule has 0 aliphatic heterocycles. The van der Waals surface area contributed by atoms with Crippen molar-refractivity contribution in [1.29, 1.82) is 0 Å². The Labute approximate surface area is 81.0 Å². The van der Waals surface area contributed by atoms with Gasteiger partial charge in [0, 0.05) is 0 Å². The summed E-state index contributed by atoms with van der Waals surface area (Å²) in [7, 11) is 0. The molecule has 0 heterocycles. The molecule has 0 amide bonds. The Morgan fingerprint density at radius 2 is 1.89 bits per heavy atom. The van der Waals surface area contributed by atoms with Gasteiger partial charge in [0.25, 0.3) is 0 Å². The molecule has 0 nitrogen and oxygen atoms in total. The van der Waals surface area contributed by atoms with Gasteiger partial charge in [-0.05, 0) is 19.3 Å². The molecule has 0 unspecified atom stereocenters. The zero-order valence-corrected chi connectivity index (χ0v) is 6.04. The maximum absolute atomic E-state index is 3.91. The van der Waals surface area contributed by atoms with Crippen molar-refractivity contribution in [3.8, 4) is 0 Å². The van der Waals surface area contributed by atoms with Gasteiger partial charge in [0.2, 0.25) is 0 Å². The number of rotatable bonds is 4. The predicted molar refractivity (Wildman–Crippen MR) is 46.1 cm³/mol. The van der Waals surface area contributed by atoms with Crippen molar-refractivity contribution in [3.05, 3.63) is 12.2 Å². The zero-order chi connectivity index (χ0) is 6.41. The van der Waals surface area contributed by atoms with E-state index in [4.69, 9.17) is 0 Å². The van der Waals surface area contributed by atoms with Crippen LogP contribution in [0.2, 0.25) is 0 Å². The minimum absolute atomic E-state index is 0. The van der Waals surface area contributed by atoms with E-state index >= 15 is 0 Å². The van der Waals surface area contributed by atoms with E-state index in [1.165, 1.54) is 24.8 Å². The first-order valence-corrected chi connectivity index (χ1v) is 3.47. The topological polar surface area (TPSA) is 0 Å². The second-order valence-electron chi connectivity index (χ2n) is 2.21. The molecule has 0 aromatic carbocycles. The van der Waals surface area contributed by atoms with Crippen LogP contribution in [0.5, 0.6) is 0 Å². The van der Waals surface area contributed by atoms with Crippen molar-refractivity contribution >= 4 is 29.6 Å². The molecule has 0 bridgehead atoms. The van der Waals surface area contributed by atoms with Crippen molar-refractivity contribution in [2.24, 2.45) is 0 Å². The van der Waals surface area contributed by atoms with Crippen LogP contribution in [0.4, 0.5) is 0 Å². The fourth-order valence-corrected chi connectivity index (χ4v) is 0.604. The Kier molecular flexibility index (Phi) is 12.1. The molecular weight excluding hydrogens is 119 g/mol. The van der Waals surface area contributed by atoms with Gasteiger partial charge in [-0.15, -0.1) is 0 Å². The van der Waals surface area contributed by atoms with Crippen LogP contribution in [0.25, 0.3) is 0 Å². The molecule has 0 aliphatic carbocycles. The van der Waals surface area contributed by atoms with Gasteiger partial charge in [0.15, 0.2) is 0 Å². The van der Waals surface area contributed by atoms with Gasteiger partial charge in [0.1, 0.15) is 0 Å². The summed E-state index contributed by atoms with van der Waals surface area (Å²) in [5.41, 5.74) is 1.40. The SMILES string of the molecule is C=C(CC)CCCC.[NaH]. The molecule has 0 aromatic rings. The van der Waals surface area contributed by atoms with E-state index in [1.54, 1.807) is 0 Å². The summed E-state index contributed by atoms with van der Waals surface area (Å²) in [4.78, 5) is 0. The van der Waals surface area contributed by atoms with Gasteiger partial charge in [-0.3, -0.25) is 0 Å². The van der Waals surface area contributed by atoms with Crippen LogP contribution in [-0.4, -0.2) is 29.6 Å². The Bertz CT molecular complexity index is 67.0. The van der Waals surface area contributed by atoms with Crippen molar-refractivity contribution in [1.82, 2.24) is 0 Å². The van der Waals surface area contributed by atoms with E-state index in [9.17, 15) is 0 Å². The van der Waals surface area contributed by atoms with Crippen LogP contribution in [0, 0.1) is 0 Å². The first-order valence-electron chi connectivity index (χ1n) is 3.47. The van der Waals surface area contributed by atoms with Crippen molar-refractivity contribution in [2.75, 3.05) is 0 Å². The van der Waals surface area contributed by atoms with Gasteiger partial charge in [-0.1, -0.05) is 32.4 Å². The van der Waals surface area contributed by atoms with Gasteiger partial charge >= 0.3 is 29.6 Å². The van der Waals surface area contributed by atoms with Gasteiger partial charge in [0.05, 0.1) is 0 Å². The van der Waals surface area contributed by atoms with Crippen molar-refractivity contribution in [2.45, 2.75) is 39.5 Å². The van der Waals surface area contributed by atoms with Crippen LogP contribution >= 0.6 is 0 Å². The van der Waals surface area contributed by atoms with E-state index < -0.39 is 0 Å². The second kappa shape index (κ2) is 8.74. The van der Waals surface area contributed by atoms with Crippen molar-refractivity contribution in [3.63, 3.8) is 0 Å². The van der Waals surface area contributed by atoms with E-state index in [2.05, 4.69) is 20.4 Å². The summed E-state index contributed by atoms with van der Waals surface area (Å²) in [5, 5.41) is 0. The fourth-order valence-electron chi connectivity index (χ4n) is 0.604. The molecule has 0 radical (unpaired) electrons. The summed E-state index contributed by atoms with van der Waals surface area (Å²) < 4.78 is 0. The fraction of sp³-hybridized carbons (Fsp3) is 0.750. The van der Waals surface area contributed by atoms with Crippen LogP contribution in [0.1, 0.15) is 39.5 Å².